The molecule has 2 fully saturated rings. The minimum atomic E-state index is -0.666. The lowest BCUT2D eigenvalue weighted by molar-refractivity contribution is -0.154. The van der Waals surface area contributed by atoms with Crippen molar-refractivity contribution in [1.29, 1.82) is 0 Å². The number of benzene rings is 3. The predicted molar refractivity (Wildman–Crippen MR) is 144 cm³/mol. The summed E-state index contributed by atoms with van der Waals surface area (Å²) in [6.07, 6.45) is 4.66. The van der Waals surface area contributed by atoms with Crippen molar-refractivity contribution in [2.24, 2.45) is 23.7 Å². The molecule has 1 heterocycles. The second kappa shape index (κ2) is 10.2. The molecular weight excluding hydrogens is 532 g/mol. The fraction of sp³-hybridized carbons (Fsp3) is 0.194. The molecule has 200 valence electrons. The first-order valence-corrected chi connectivity index (χ1v) is 13.2. The van der Waals surface area contributed by atoms with E-state index in [1.807, 2.05) is 12.2 Å². The van der Waals surface area contributed by atoms with Crippen LogP contribution in [-0.2, 0) is 9.59 Å². The Morgan fingerprint density at radius 1 is 0.775 bits per heavy atom. The van der Waals surface area contributed by atoms with Gasteiger partial charge in [0.2, 0.25) is 0 Å². The van der Waals surface area contributed by atoms with E-state index in [0.717, 1.165) is 16.4 Å². The van der Waals surface area contributed by atoms with Crippen LogP contribution < -0.4 is 4.74 Å². The molecule has 3 aromatic rings. The summed E-state index contributed by atoms with van der Waals surface area (Å²) in [6, 6.07) is 20.4. The molecule has 0 aromatic heterocycles. The van der Waals surface area contributed by atoms with Crippen molar-refractivity contribution in [3.05, 3.63) is 113 Å². The highest BCUT2D eigenvalue weighted by Crippen LogP contribution is 2.52. The highest BCUT2D eigenvalue weighted by molar-refractivity contribution is 6.30. The summed E-state index contributed by atoms with van der Waals surface area (Å²) in [5.41, 5.74) is 0.779. The molecule has 3 aromatic carbocycles. The number of fused-ring (bicyclic) bond motifs is 5. The third kappa shape index (κ3) is 4.50. The molecular formula is C31H23ClN2O6. The van der Waals surface area contributed by atoms with Crippen LogP contribution in [0.1, 0.15) is 37.5 Å². The smallest absolute Gasteiger partial charge is 0.343 e. The van der Waals surface area contributed by atoms with Gasteiger partial charge in [-0.3, -0.25) is 19.2 Å². The van der Waals surface area contributed by atoms with Crippen molar-refractivity contribution in [3.8, 4) is 5.75 Å². The fourth-order valence-corrected chi connectivity index (χ4v) is 5.90. The Kier molecular flexibility index (Phi) is 6.56. The molecule has 40 heavy (non-hydrogen) atoms. The summed E-state index contributed by atoms with van der Waals surface area (Å²) in [5.74, 6) is -3.57. The van der Waals surface area contributed by atoms with E-state index in [-0.39, 0.29) is 28.7 Å². The molecule has 6 rings (SSSR count). The normalized spacial score (nSPS) is 22.4. The van der Waals surface area contributed by atoms with Crippen LogP contribution in [-0.4, -0.2) is 46.0 Å². The Labute approximate surface area is 234 Å². The van der Waals surface area contributed by atoms with Gasteiger partial charge in [-0.2, -0.15) is 5.01 Å². The quantitative estimate of drug-likeness (QED) is 0.139. The van der Waals surface area contributed by atoms with E-state index >= 15 is 0 Å². The number of allylic oxidation sites excluding steroid dienone is 2. The summed E-state index contributed by atoms with van der Waals surface area (Å²) < 4.78 is 5.37. The maximum absolute atomic E-state index is 13.6. The molecule has 0 N–H and O–H groups in total. The van der Waals surface area contributed by atoms with E-state index in [4.69, 9.17) is 16.3 Å². The molecule has 4 atom stereocenters. The number of carbonyl (C=O) groups excluding carboxylic acids is 5. The van der Waals surface area contributed by atoms with Crippen molar-refractivity contribution >= 4 is 41.1 Å². The van der Waals surface area contributed by atoms with Crippen LogP contribution in [0.15, 0.2) is 91.0 Å². The Morgan fingerprint density at radius 2 is 1.35 bits per heavy atom. The molecule has 1 aliphatic heterocycles. The fourth-order valence-electron chi connectivity index (χ4n) is 5.78. The van der Waals surface area contributed by atoms with E-state index < -0.39 is 47.9 Å². The summed E-state index contributed by atoms with van der Waals surface area (Å²) in [5, 5.41) is 2.22. The number of halogens is 1. The maximum Gasteiger partial charge on any atom is 0.343 e. The van der Waals surface area contributed by atoms with E-state index in [2.05, 4.69) is 0 Å². The first-order chi connectivity index (χ1) is 19.3. The van der Waals surface area contributed by atoms with Gasteiger partial charge >= 0.3 is 5.97 Å². The third-order valence-corrected chi connectivity index (χ3v) is 7.96. The largest absolute Gasteiger partial charge is 0.423 e. The van der Waals surface area contributed by atoms with Gasteiger partial charge in [-0.1, -0.05) is 42.0 Å². The van der Waals surface area contributed by atoms with Crippen LogP contribution >= 0.6 is 11.6 Å². The predicted octanol–water partition coefficient (Wildman–Crippen LogP) is 4.61. The zero-order chi connectivity index (χ0) is 28.0. The summed E-state index contributed by atoms with van der Waals surface area (Å²) >= 11 is 5.98. The van der Waals surface area contributed by atoms with Crippen LogP contribution in [0.25, 0.3) is 0 Å². The number of ketones is 1. The van der Waals surface area contributed by atoms with Crippen molar-refractivity contribution in [3.63, 3.8) is 0 Å². The van der Waals surface area contributed by atoms with Crippen LogP contribution in [0.2, 0.25) is 5.02 Å². The lowest BCUT2D eigenvalue weighted by Gasteiger charge is -2.30. The lowest BCUT2D eigenvalue weighted by Crippen LogP contribution is -2.52. The summed E-state index contributed by atoms with van der Waals surface area (Å²) in [6.45, 7) is -0.537. The number of rotatable bonds is 7. The number of ether oxygens (including phenoxy) is 1. The van der Waals surface area contributed by atoms with Crippen LogP contribution in [0.3, 0.4) is 0 Å². The molecule has 0 spiro atoms. The molecule has 2 bridgehead atoms. The number of amides is 3. The van der Waals surface area contributed by atoms with Crippen LogP contribution in [0, 0.1) is 23.7 Å². The van der Waals surface area contributed by atoms with E-state index in [9.17, 15) is 24.0 Å². The first-order valence-electron chi connectivity index (χ1n) is 12.9. The number of hydrazine groups is 1. The minimum Gasteiger partial charge on any atom is -0.423 e. The first kappa shape index (κ1) is 25.7. The molecule has 1 saturated heterocycles. The third-order valence-electron chi connectivity index (χ3n) is 7.70. The molecule has 9 heteroatoms. The molecule has 0 radical (unpaired) electrons. The van der Waals surface area contributed by atoms with E-state index in [1.54, 1.807) is 30.3 Å². The molecule has 8 nitrogen and oxygen atoms in total. The molecule has 3 aliphatic rings. The van der Waals surface area contributed by atoms with Gasteiger partial charge in [0.05, 0.1) is 17.4 Å². The Hall–Kier alpha value is -4.56. The minimum absolute atomic E-state index is 0.0502. The number of imide groups is 1. The molecule has 3 amide bonds. The van der Waals surface area contributed by atoms with E-state index in [0.29, 0.717) is 10.6 Å². The monoisotopic (exact) mass is 554 g/mol. The van der Waals surface area contributed by atoms with Gasteiger partial charge in [0, 0.05) is 16.1 Å². The zero-order valence-electron chi connectivity index (χ0n) is 21.1. The number of carbonyl (C=O) groups is 5. The van der Waals surface area contributed by atoms with Gasteiger partial charge in [-0.05, 0) is 78.9 Å². The van der Waals surface area contributed by atoms with Crippen molar-refractivity contribution < 1.29 is 28.7 Å². The molecule has 2 aliphatic carbocycles. The Balaban J connectivity index is 1.24. The number of hydrogen-bond donors (Lipinski definition) is 0. The topological polar surface area (TPSA) is 101 Å². The second-order valence-electron chi connectivity index (χ2n) is 10.1. The zero-order valence-corrected chi connectivity index (χ0v) is 21.9. The summed E-state index contributed by atoms with van der Waals surface area (Å²) in [4.78, 5) is 66.3. The van der Waals surface area contributed by atoms with Gasteiger partial charge in [0.15, 0.2) is 5.78 Å². The summed E-state index contributed by atoms with van der Waals surface area (Å²) in [7, 11) is 0. The maximum atomic E-state index is 13.6. The van der Waals surface area contributed by atoms with Crippen molar-refractivity contribution in [2.75, 3.05) is 6.54 Å². The highest BCUT2D eigenvalue weighted by atomic mass is 35.5. The average Bonchev–Trinajstić information content (AvgIpc) is 3.66. The standard InChI is InChI=1S/C31H23ClN2O6/c32-23-12-8-19(9-13-23)28(36)33(34-29(37)26-21-6-7-22(16-21)27(26)30(34)38)17-25(35)18-10-14-24(15-11-18)40-31(39)20-4-2-1-3-5-20/h1-15,21-22,26-27H,16-17H2/t21-,22-,26-,27-/m0/s1. The Morgan fingerprint density at radius 3 is 1.95 bits per heavy atom. The Bertz CT molecular complexity index is 1520. The number of nitrogens with zero attached hydrogens (tertiary/aromatic N) is 2. The van der Waals surface area contributed by atoms with Crippen molar-refractivity contribution in [2.45, 2.75) is 6.42 Å². The number of esters is 1. The second-order valence-corrected chi connectivity index (χ2v) is 10.5. The highest BCUT2D eigenvalue weighted by Gasteiger charge is 2.61. The van der Waals surface area contributed by atoms with Gasteiger partial charge in [0.25, 0.3) is 17.7 Å². The number of Topliss-reactive ketones (excluding diaryl/α,β-unsaturated/α-hetero) is 1. The lowest BCUT2D eigenvalue weighted by atomic mass is 9.85. The average molecular weight is 555 g/mol. The van der Waals surface area contributed by atoms with Crippen LogP contribution in [0.5, 0.6) is 5.75 Å². The van der Waals surface area contributed by atoms with Gasteiger partial charge in [-0.15, -0.1) is 0 Å². The molecule has 0 unspecified atom stereocenters. The number of hydrogen-bond acceptors (Lipinski definition) is 6. The van der Waals surface area contributed by atoms with Gasteiger partial charge in [-0.25, -0.2) is 9.80 Å². The van der Waals surface area contributed by atoms with Crippen molar-refractivity contribution in [1.82, 2.24) is 10.0 Å². The SMILES string of the molecule is O=C(CN(C(=O)c1ccc(Cl)cc1)N1C(=O)[C@@H]2[C@@H](C1=O)[C@H]1C=C[C@H]2C1)c1ccc(OC(=O)c2ccccc2)cc1. The van der Waals surface area contributed by atoms with Gasteiger partial charge < -0.3 is 4.74 Å². The van der Waals surface area contributed by atoms with E-state index in [1.165, 1.54) is 48.5 Å². The molecule has 1 saturated carbocycles. The van der Waals surface area contributed by atoms with Crippen LogP contribution in [0.4, 0.5) is 0 Å². The van der Waals surface area contributed by atoms with Gasteiger partial charge in [0.1, 0.15) is 12.3 Å².